The molecule has 0 N–H and O–H groups in total. The molecule has 2 fully saturated rings. The van der Waals surface area contributed by atoms with Crippen LogP contribution in [0.4, 0.5) is 0 Å². The smallest absolute Gasteiger partial charge is 0.136 e. The Labute approximate surface area is 190 Å². The normalized spacial score (nSPS) is 29.9. The van der Waals surface area contributed by atoms with Crippen LogP contribution in [0.1, 0.15) is 106 Å². The second kappa shape index (κ2) is 11.0. The number of Topliss-reactive ketones (excluding diaryl/α,β-unsaturated/α-hetero) is 1. The molecule has 178 valence electrons. The summed E-state index contributed by atoms with van der Waals surface area (Å²) in [7, 11) is -0.958. The number of carbonyl (C=O) groups is 1. The topological polar surface area (TPSA) is 26.3 Å². The van der Waals surface area contributed by atoms with Crippen LogP contribution in [-0.4, -0.2) is 30.2 Å². The minimum Gasteiger partial charge on any atom is -0.332 e. The van der Waals surface area contributed by atoms with Crippen molar-refractivity contribution in [2.45, 2.75) is 112 Å². The first kappa shape index (κ1) is 27.8. The predicted octanol–water partition coefficient (Wildman–Crippen LogP) is 8.35. The highest BCUT2D eigenvalue weighted by Gasteiger charge is 2.56. The van der Waals surface area contributed by atoms with E-state index in [0.717, 1.165) is 32.1 Å². The number of allylic oxidation sites excluding steroid dienone is 2. The second-order valence-electron chi connectivity index (χ2n) is 11.4. The van der Waals surface area contributed by atoms with E-state index in [1.165, 1.54) is 25.7 Å². The molecule has 2 nitrogen and oxygen atoms in total. The molecular formula is C27H52O2S. The zero-order chi connectivity index (χ0) is 23.2. The van der Waals surface area contributed by atoms with Crippen LogP contribution < -0.4 is 0 Å². The van der Waals surface area contributed by atoms with E-state index < -0.39 is 10.3 Å². The summed E-state index contributed by atoms with van der Waals surface area (Å²) in [4.78, 5) is 12.6. The molecule has 3 heteroatoms. The minimum atomic E-state index is -0.958. The third-order valence-corrected chi connectivity index (χ3v) is 8.48. The van der Waals surface area contributed by atoms with E-state index in [4.69, 9.17) is 4.18 Å². The molecule has 0 amide bonds. The molecule has 2 aliphatic rings. The van der Waals surface area contributed by atoms with E-state index in [1.807, 2.05) is 13.8 Å². The summed E-state index contributed by atoms with van der Waals surface area (Å²) in [5, 5.41) is 0. The quantitative estimate of drug-likeness (QED) is 0.337. The molecule has 0 aromatic rings. The Morgan fingerprint density at radius 1 is 1.13 bits per heavy atom. The lowest BCUT2D eigenvalue weighted by Crippen LogP contribution is -2.43. The van der Waals surface area contributed by atoms with Crippen LogP contribution in [0.2, 0.25) is 0 Å². The first-order chi connectivity index (χ1) is 13.8. The van der Waals surface area contributed by atoms with Crippen molar-refractivity contribution in [1.29, 1.82) is 0 Å². The molecule has 0 spiro atoms. The van der Waals surface area contributed by atoms with Gasteiger partial charge < -0.3 is 4.18 Å². The van der Waals surface area contributed by atoms with E-state index in [2.05, 4.69) is 65.5 Å². The van der Waals surface area contributed by atoms with Gasteiger partial charge in [0.25, 0.3) is 0 Å². The van der Waals surface area contributed by atoms with E-state index in [0.29, 0.717) is 17.6 Å². The summed E-state index contributed by atoms with van der Waals surface area (Å²) < 4.78 is 6.39. The highest BCUT2D eigenvalue weighted by atomic mass is 32.3. The third-order valence-electron chi connectivity index (χ3n) is 7.53. The zero-order valence-electron chi connectivity index (χ0n) is 21.9. The van der Waals surface area contributed by atoms with Gasteiger partial charge in [-0.15, -0.1) is 10.3 Å². The fraction of sp³-hybridized carbons (Fsp3) is 0.889. The zero-order valence-corrected chi connectivity index (χ0v) is 22.7. The average molecular weight is 441 g/mol. The average Bonchev–Trinajstić information content (AvgIpc) is 2.98. The number of rotatable bonds is 9. The minimum absolute atomic E-state index is 0.0575. The van der Waals surface area contributed by atoms with Crippen molar-refractivity contribution in [2.75, 3.05) is 18.8 Å². The third kappa shape index (κ3) is 7.12. The van der Waals surface area contributed by atoms with Crippen molar-refractivity contribution in [3.63, 3.8) is 0 Å². The van der Waals surface area contributed by atoms with Crippen LogP contribution in [0.15, 0.2) is 12.2 Å². The Hall–Kier alpha value is -0.280. The SMILES string of the molecule is C/C=C\C[C@@](C)(CCCC(C)(C)OS(C)(C)C)[C@H]1CCC2C(=O)CCC[C@@]21C.CC. The summed E-state index contributed by atoms with van der Waals surface area (Å²) in [5.41, 5.74) is 0.434. The summed E-state index contributed by atoms with van der Waals surface area (Å²) >= 11 is 0. The van der Waals surface area contributed by atoms with Gasteiger partial charge in [0.1, 0.15) is 5.78 Å². The lowest BCUT2D eigenvalue weighted by molar-refractivity contribution is -0.131. The highest BCUT2D eigenvalue weighted by Crippen LogP contribution is 2.61. The molecule has 2 saturated carbocycles. The van der Waals surface area contributed by atoms with Gasteiger partial charge >= 0.3 is 0 Å². The maximum Gasteiger partial charge on any atom is 0.136 e. The number of ketones is 1. The highest BCUT2D eigenvalue weighted by molar-refractivity contribution is 8.28. The first-order valence-electron chi connectivity index (χ1n) is 12.4. The van der Waals surface area contributed by atoms with E-state index >= 15 is 0 Å². The Morgan fingerprint density at radius 3 is 2.33 bits per heavy atom. The van der Waals surface area contributed by atoms with Gasteiger partial charge in [0.05, 0.1) is 5.60 Å². The van der Waals surface area contributed by atoms with Gasteiger partial charge in [-0.05, 0) is 108 Å². The lowest BCUT2D eigenvalue weighted by atomic mass is 9.56. The van der Waals surface area contributed by atoms with Crippen LogP contribution in [0.25, 0.3) is 0 Å². The van der Waals surface area contributed by atoms with Crippen LogP contribution in [0, 0.1) is 22.7 Å². The maximum atomic E-state index is 12.6. The molecule has 2 aliphatic carbocycles. The molecule has 0 radical (unpaired) electrons. The summed E-state index contributed by atoms with van der Waals surface area (Å²) in [5.74, 6) is 1.52. The Morgan fingerprint density at radius 2 is 1.77 bits per heavy atom. The van der Waals surface area contributed by atoms with Gasteiger partial charge in [0.15, 0.2) is 0 Å². The molecule has 1 unspecified atom stereocenters. The standard InChI is InChI=1S/C25H46O2S.C2H6/c1-9-10-17-24(4,18-12-16-23(2,3)27-28(6,7)8)22-15-14-20-21(26)13-11-19-25(20,22)5;1-2/h9-10,20,22H,11-19H2,1-8H3;1-2H3/b10-9-;/t20?,22-,24+,25+;/m1./s1. The van der Waals surface area contributed by atoms with Gasteiger partial charge in [-0.1, -0.05) is 39.8 Å². The number of hydrogen-bond acceptors (Lipinski definition) is 2. The van der Waals surface area contributed by atoms with Crippen molar-refractivity contribution >= 4 is 16.1 Å². The van der Waals surface area contributed by atoms with E-state index in [1.54, 1.807) is 0 Å². The van der Waals surface area contributed by atoms with Crippen molar-refractivity contribution in [3.8, 4) is 0 Å². The Kier molecular flexibility index (Phi) is 10.2. The number of hydrogen-bond donors (Lipinski definition) is 0. The first-order valence-corrected chi connectivity index (χ1v) is 15.1. The summed E-state index contributed by atoms with van der Waals surface area (Å²) in [6.07, 6.45) is 21.4. The van der Waals surface area contributed by atoms with Crippen molar-refractivity contribution in [1.82, 2.24) is 0 Å². The van der Waals surface area contributed by atoms with Crippen molar-refractivity contribution in [3.05, 3.63) is 12.2 Å². The van der Waals surface area contributed by atoms with Crippen LogP contribution in [-0.2, 0) is 8.98 Å². The van der Waals surface area contributed by atoms with Gasteiger partial charge in [-0.25, -0.2) is 0 Å². The lowest BCUT2D eigenvalue weighted by Gasteiger charge is -2.48. The van der Waals surface area contributed by atoms with Crippen molar-refractivity contribution in [2.24, 2.45) is 22.7 Å². The maximum absolute atomic E-state index is 12.6. The van der Waals surface area contributed by atoms with Gasteiger partial charge in [0, 0.05) is 12.3 Å². The van der Waals surface area contributed by atoms with E-state index in [-0.39, 0.29) is 16.4 Å². The number of carbonyl (C=O) groups excluding carboxylic acids is 1. The molecule has 0 aliphatic heterocycles. The van der Waals surface area contributed by atoms with Crippen LogP contribution in [0.3, 0.4) is 0 Å². The Balaban J connectivity index is 0.00000218. The van der Waals surface area contributed by atoms with Crippen LogP contribution in [0.5, 0.6) is 0 Å². The molecule has 0 heterocycles. The largest absolute Gasteiger partial charge is 0.332 e. The van der Waals surface area contributed by atoms with Crippen molar-refractivity contribution < 1.29 is 8.98 Å². The fourth-order valence-electron chi connectivity index (χ4n) is 6.52. The second-order valence-corrected chi connectivity index (χ2v) is 15.0. The monoisotopic (exact) mass is 440 g/mol. The Bertz CT molecular complexity index is 574. The molecule has 4 atom stereocenters. The predicted molar refractivity (Wildman–Crippen MR) is 136 cm³/mol. The van der Waals surface area contributed by atoms with E-state index in [9.17, 15) is 4.79 Å². The molecule has 0 saturated heterocycles. The molecule has 0 aromatic heterocycles. The summed E-state index contributed by atoms with van der Waals surface area (Å²) in [6.45, 7) is 15.6. The van der Waals surface area contributed by atoms with Gasteiger partial charge in [0.2, 0.25) is 0 Å². The van der Waals surface area contributed by atoms with Crippen LogP contribution >= 0.6 is 10.3 Å². The van der Waals surface area contributed by atoms with Gasteiger partial charge in [-0.2, -0.15) is 0 Å². The fourth-order valence-corrected chi connectivity index (χ4v) is 7.95. The molecule has 2 rings (SSSR count). The van der Waals surface area contributed by atoms with Gasteiger partial charge in [-0.3, -0.25) is 4.79 Å². The molecule has 0 aromatic carbocycles. The summed E-state index contributed by atoms with van der Waals surface area (Å²) in [6, 6.07) is 0. The molecular weight excluding hydrogens is 388 g/mol. The number of fused-ring (bicyclic) bond motifs is 1. The molecule has 30 heavy (non-hydrogen) atoms. The molecule has 0 bridgehead atoms.